The Kier molecular flexibility index (Phi) is 4.60. The average molecular weight is 428 g/mol. The van der Waals surface area contributed by atoms with Gasteiger partial charge in [-0.05, 0) is 29.2 Å². The second-order valence-corrected chi connectivity index (χ2v) is 10.6. The molecular weight excluding hydrogens is 406 g/mol. The van der Waals surface area contributed by atoms with Crippen molar-refractivity contribution < 1.29 is 8.42 Å². The minimum atomic E-state index is -3.13. The number of aromatic nitrogens is 4. The second-order valence-electron chi connectivity index (χ2n) is 7.54. The van der Waals surface area contributed by atoms with Crippen molar-refractivity contribution in [1.82, 2.24) is 24.1 Å². The minimum absolute atomic E-state index is 0.179. The zero-order valence-corrected chi connectivity index (χ0v) is 17.7. The molecule has 1 fully saturated rings. The lowest BCUT2D eigenvalue weighted by atomic mass is 9.97. The summed E-state index contributed by atoms with van der Waals surface area (Å²) in [5.74, 6) is 1.02. The molecule has 5 rings (SSSR count). The quantitative estimate of drug-likeness (QED) is 0.500. The van der Waals surface area contributed by atoms with Gasteiger partial charge in [-0.2, -0.15) is 9.61 Å². The first-order valence-corrected chi connectivity index (χ1v) is 12.3. The molecule has 0 amide bonds. The highest BCUT2D eigenvalue weighted by molar-refractivity contribution is 7.88. The third kappa shape index (κ3) is 3.65. The summed E-state index contributed by atoms with van der Waals surface area (Å²) in [5, 5.41) is 16.9. The molecule has 4 aromatic rings. The lowest BCUT2D eigenvalue weighted by Crippen LogP contribution is -2.37. The molecule has 2 aromatic heterocycles. The fraction of sp³-hybridized carbons (Fsp3) is 0.350. The number of piperidine rings is 1. The summed E-state index contributed by atoms with van der Waals surface area (Å²) >= 11 is 1.56. The van der Waals surface area contributed by atoms with Gasteiger partial charge in [0.05, 0.1) is 6.26 Å². The van der Waals surface area contributed by atoms with E-state index in [1.54, 1.807) is 11.3 Å². The van der Waals surface area contributed by atoms with Crippen LogP contribution in [0.2, 0.25) is 0 Å². The molecule has 1 aliphatic heterocycles. The first-order chi connectivity index (χ1) is 14.0. The molecule has 0 unspecified atom stereocenters. The van der Waals surface area contributed by atoms with Crippen molar-refractivity contribution >= 4 is 37.1 Å². The van der Waals surface area contributed by atoms with E-state index in [-0.39, 0.29) is 5.92 Å². The third-order valence-corrected chi connectivity index (χ3v) is 7.72. The van der Waals surface area contributed by atoms with Crippen LogP contribution in [0, 0.1) is 0 Å². The Morgan fingerprint density at radius 3 is 2.59 bits per heavy atom. The monoisotopic (exact) mass is 427 g/mol. The SMILES string of the molecule is CS(=O)(=O)N1CCC(c2nnc3sc(Cc4ccc5ccccc5c4)nn23)CC1. The lowest BCUT2D eigenvalue weighted by molar-refractivity contribution is 0.313. The standard InChI is InChI=1S/C20H21N5O2S2/c1-29(26,27)24-10-8-16(9-11-24)19-21-22-20-25(19)23-18(28-20)13-14-6-7-15-4-2-3-5-17(15)12-14/h2-7,12,16H,8-11,13H2,1H3. The fourth-order valence-electron chi connectivity index (χ4n) is 3.97. The van der Waals surface area contributed by atoms with Crippen LogP contribution in [0.25, 0.3) is 15.7 Å². The van der Waals surface area contributed by atoms with E-state index < -0.39 is 10.0 Å². The molecule has 2 aromatic carbocycles. The third-order valence-electron chi connectivity index (χ3n) is 5.51. The van der Waals surface area contributed by atoms with Crippen LogP contribution < -0.4 is 0 Å². The molecule has 29 heavy (non-hydrogen) atoms. The van der Waals surface area contributed by atoms with E-state index in [1.165, 1.54) is 26.9 Å². The number of hydrogen-bond donors (Lipinski definition) is 0. The van der Waals surface area contributed by atoms with Crippen molar-refractivity contribution in [1.29, 1.82) is 0 Å². The molecule has 1 aliphatic rings. The summed E-state index contributed by atoms with van der Waals surface area (Å²) in [5.41, 5.74) is 1.22. The van der Waals surface area contributed by atoms with Crippen molar-refractivity contribution in [2.45, 2.75) is 25.2 Å². The van der Waals surface area contributed by atoms with Crippen molar-refractivity contribution in [3.63, 3.8) is 0 Å². The Hall–Kier alpha value is -2.36. The van der Waals surface area contributed by atoms with E-state index in [4.69, 9.17) is 5.10 Å². The molecule has 0 bridgehead atoms. The summed E-state index contributed by atoms with van der Waals surface area (Å²) in [6, 6.07) is 14.8. The van der Waals surface area contributed by atoms with Gasteiger partial charge in [0.25, 0.3) is 0 Å². The predicted molar refractivity (Wildman–Crippen MR) is 114 cm³/mol. The maximum atomic E-state index is 11.7. The van der Waals surface area contributed by atoms with Crippen molar-refractivity contribution in [3.05, 3.63) is 58.9 Å². The van der Waals surface area contributed by atoms with E-state index in [2.05, 4.69) is 46.6 Å². The van der Waals surface area contributed by atoms with Crippen molar-refractivity contribution in [2.75, 3.05) is 19.3 Å². The number of rotatable bonds is 4. The molecule has 1 saturated heterocycles. The molecule has 0 N–H and O–H groups in total. The molecule has 9 heteroatoms. The van der Waals surface area contributed by atoms with Gasteiger partial charge in [0, 0.05) is 25.4 Å². The van der Waals surface area contributed by atoms with Crippen LogP contribution in [-0.2, 0) is 16.4 Å². The van der Waals surface area contributed by atoms with Crippen LogP contribution in [0.1, 0.15) is 35.2 Å². The van der Waals surface area contributed by atoms with E-state index in [0.717, 1.165) is 35.1 Å². The summed E-state index contributed by atoms with van der Waals surface area (Å²) in [6.45, 7) is 1.04. The maximum absolute atomic E-state index is 11.7. The maximum Gasteiger partial charge on any atom is 0.234 e. The highest BCUT2D eigenvalue weighted by Gasteiger charge is 2.29. The number of benzene rings is 2. The zero-order chi connectivity index (χ0) is 20.0. The van der Waals surface area contributed by atoms with Gasteiger partial charge in [0.2, 0.25) is 15.0 Å². The highest BCUT2D eigenvalue weighted by Crippen LogP contribution is 2.29. The lowest BCUT2D eigenvalue weighted by Gasteiger charge is -2.28. The molecule has 0 atom stereocenters. The first kappa shape index (κ1) is 18.7. The number of nitrogens with zero attached hydrogens (tertiary/aromatic N) is 5. The van der Waals surface area contributed by atoms with Crippen LogP contribution in [-0.4, -0.2) is 51.9 Å². The average Bonchev–Trinajstić information content (AvgIpc) is 3.27. The Morgan fingerprint density at radius 2 is 1.83 bits per heavy atom. The van der Waals surface area contributed by atoms with Gasteiger partial charge in [-0.15, -0.1) is 10.2 Å². The summed E-state index contributed by atoms with van der Waals surface area (Å²) < 4.78 is 26.8. The second kappa shape index (κ2) is 7.16. The Balaban J connectivity index is 1.37. The Bertz CT molecular complexity index is 1290. The molecule has 0 spiro atoms. The summed E-state index contributed by atoms with van der Waals surface area (Å²) in [6.07, 6.45) is 3.50. The molecular formula is C20H21N5O2S2. The van der Waals surface area contributed by atoms with E-state index in [0.29, 0.717) is 13.1 Å². The predicted octanol–water partition coefficient (Wildman–Crippen LogP) is 3.07. The number of fused-ring (bicyclic) bond motifs is 2. The van der Waals surface area contributed by atoms with Gasteiger partial charge >= 0.3 is 0 Å². The van der Waals surface area contributed by atoms with Crippen LogP contribution in [0.4, 0.5) is 0 Å². The van der Waals surface area contributed by atoms with E-state index in [9.17, 15) is 8.42 Å². The Labute approximate surface area is 173 Å². The first-order valence-electron chi connectivity index (χ1n) is 9.61. The van der Waals surface area contributed by atoms with Gasteiger partial charge in [-0.25, -0.2) is 12.7 Å². The van der Waals surface area contributed by atoms with Crippen molar-refractivity contribution in [3.8, 4) is 0 Å². The van der Waals surface area contributed by atoms with Crippen molar-refractivity contribution in [2.24, 2.45) is 0 Å². The van der Waals surface area contributed by atoms with Gasteiger partial charge < -0.3 is 0 Å². The van der Waals surface area contributed by atoms with E-state index >= 15 is 0 Å². The van der Waals surface area contributed by atoms with E-state index in [1.807, 2.05) is 10.6 Å². The molecule has 0 saturated carbocycles. The normalized spacial score (nSPS) is 16.7. The topological polar surface area (TPSA) is 80.5 Å². The highest BCUT2D eigenvalue weighted by atomic mass is 32.2. The zero-order valence-electron chi connectivity index (χ0n) is 16.0. The molecule has 0 aliphatic carbocycles. The molecule has 7 nitrogen and oxygen atoms in total. The number of hydrogen-bond acceptors (Lipinski definition) is 6. The van der Waals surface area contributed by atoms with Gasteiger partial charge in [0.1, 0.15) is 5.01 Å². The van der Waals surface area contributed by atoms with Gasteiger partial charge in [-0.3, -0.25) is 0 Å². The molecule has 150 valence electrons. The Morgan fingerprint density at radius 1 is 1.07 bits per heavy atom. The fourth-order valence-corrected chi connectivity index (χ4v) is 5.72. The largest absolute Gasteiger partial charge is 0.234 e. The summed E-state index contributed by atoms with van der Waals surface area (Å²) in [4.78, 5) is 0.793. The van der Waals surface area contributed by atoms with Gasteiger partial charge in [0.15, 0.2) is 5.82 Å². The molecule has 3 heterocycles. The summed E-state index contributed by atoms with van der Waals surface area (Å²) in [7, 11) is -3.13. The van der Waals surface area contributed by atoms with Crippen LogP contribution in [0.3, 0.4) is 0 Å². The van der Waals surface area contributed by atoms with Gasteiger partial charge in [-0.1, -0.05) is 53.8 Å². The van der Waals surface area contributed by atoms with Crippen LogP contribution in [0.15, 0.2) is 42.5 Å². The molecule has 0 radical (unpaired) electrons. The minimum Gasteiger partial charge on any atom is -0.213 e. The smallest absolute Gasteiger partial charge is 0.213 e. The van der Waals surface area contributed by atoms with Crippen LogP contribution in [0.5, 0.6) is 0 Å². The van der Waals surface area contributed by atoms with Crippen LogP contribution >= 0.6 is 11.3 Å². The number of sulfonamides is 1.